The van der Waals surface area contributed by atoms with Gasteiger partial charge in [0.2, 0.25) is 10.0 Å². The van der Waals surface area contributed by atoms with E-state index in [0.29, 0.717) is 18.9 Å². The van der Waals surface area contributed by atoms with Gasteiger partial charge in [-0.25, -0.2) is 17.2 Å². The van der Waals surface area contributed by atoms with Crippen LogP contribution in [0.15, 0.2) is 21.5 Å². The maximum Gasteiger partial charge on any atom is 0.247 e. The number of aliphatic hydroxyl groups is 1. The topological polar surface area (TPSA) is 57.6 Å². The zero-order valence-corrected chi connectivity index (χ0v) is 12.2. The molecule has 2 rings (SSSR count). The molecule has 0 radical (unpaired) electrons. The molecule has 0 saturated carbocycles. The minimum absolute atomic E-state index is 0.159. The second-order valence-electron chi connectivity index (χ2n) is 4.29. The van der Waals surface area contributed by atoms with Gasteiger partial charge in [0.15, 0.2) is 0 Å². The van der Waals surface area contributed by atoms with Crippen molar-refractivity contribution < 1.29 is 22.3 Å². The minimum atomic E-state index is -4.09. The monoisotopic (exact) mass is 355 g/mol. The molecule has 1 N–H and O–H groups in total. The lowest BCUT2D eigenvalue weighted by atomic mass is 10.2. The normalized spacial score (nSPS) is 20.9. The predicted octanol–water partition coefficient (Wildman–Crippen LogP) is 1.87. The van der Waals surface area contributed by atoms with E-state index in [0.717, 1.165) is 10.4 Å². The third-order valence-electron chi connectivity index (χ3n) is 3.06. The van der Waals surface area contributed by atoms with Gasteiger partial charge < -0.3 is 5.11 Å². The van der Waals surface area contributed by atoms with E-state index >= 15 is 0 Å². The van der Waals surface area contributed by atoms with Crippen LogP contribution in [0.25, 0.3) is 0 Å². The van der Waals surface area contributed by atoms with Crippen molar-refractivity contribution in [2.24, 2.45) is 0 Å². The van der Waals surface area contributed by atoms with Crippen LogP contribution in [0.3, 0.4) is 0 Å². The molecule has 0 aliphatic carbocycles. The standard InChI is InChI=1S/C11H12BrF2NO3S/c12-9-4-7(13)5-10(14)11(9)19(17,18)15-3-1-2-8(15)6-16/h4-5,8,16H,1-3,6H2/t8-/m0/s1. The molecule has 4 nitrogen and oxygen atoms in total. The summed E-state index contributed by atoms with van der Waals surface area (Å²) in [6, 6.07) is 0.878. The number of rotatable bonds is 3. The first-order valence-electron chi connectivity index (χ1n) is 5.65. The number of sulfonamides is 1. The fraction of sp³-hybridized carbons (Fsp3) is 0.455. The molecule has 8 heteroatoms. The maximum atomic E-state index is 13.8. The molecule has 1 aliphatic rings. The average molecular weight is 356 g/mol. The van der Waals surface area contributed by atoms with E-state index in [9.17, 15) is 17.2 Å². The Bertz CT molecular complexity index is 571. The second-order valence-corrected chi connectivity index (χ2v) is 6.97. The van der Waals surface area contributed by atoms with E-state index in [1.807, 2.05) is 0 Å². The summed E-state index contributed by atoms with van der Waals surface area (Å²) in [6.07, 6.45) is 1.13. The van der Waals surface area contributed by atoms with E-state index in [1.165, 1.54) is 0 Å². The van der Waals surface area contributed by atoms with E-state index in [2.05, 4.69) is 15.9 Å². The Labute approximate surface area is 118 Å². The zero-order valence-electron chi connectivity index (χ0n) is 9.81. The largest absolute Gasteiger partial charge is 0.395 e. The third-order valence-corrected chi connectivity index (χ3v) is 5.98. The fourth-order valence-electron chi connectivity index (χ4n) is 2.20. The van der Waals surface area contributed by atoms with Crippen molar-refractivity contribution in [3.63, 3.8) is 0 Å². The molecular formula is C11H12BrF2NO3S. The lowest BCUT2D eigenvalue weighted by molar-refractivity contribution is 0.213. The Morgan fingerprint density at radius 1 is 1.42 bits per heavy atom. The van der Waals surface area contributed by atoms with Crippen molar-refractivity contribution in [2.45, 2.75) is 23.8 Å². The van der Waals surface area contributed by atoms with Crippen molar-refractivity contribution in [1.82, 2.24) is 4.31 Å². The highest BCUT2D eigenvalue weighted by molar-refractivity contribution is 9.10. The third kappa shape index (κ3) is 2.67. The molecular weight excluding hydrogens is 344 g/mol. The number of benzene rings is 1. The van der Waals surface area contributed by atoms with Crippen molar-refractivity contribution in [3.05, 3.63) is 28.2 Å². The van der Waals surface area contributed by atoms with Crippen LogP contribution in [0.5, 0.6) is 0 Å². The summed E-state index contributed by atoms with van der Waals surface area (Å²) in [5, 5.41) is 9.16. The van der Waals surface area contributed by atoms with Gasteiger partial charge in [-0.2, -0.15) is 4.31 Å². The van der Waals surface area contributed by atoms with Crippen LogP contribution in [0.1, 0.15) is 12.8 Å². The van der Waals surface area contributed by atoms with E-state index in [-0.39, 0.29) is 17.6 Å². The van der Waals surface area contributed by atoms with Gasteiger partial charge in [0.25, 0.3) is 0 Å². The fourth-order valence-corrected chi connectivity index (χ4v) is 5.00. The Morgan fingerprint density at radius 2 is 2.11 bits per heavy atom. The van der Waals surface area contributed by atoms with Crippen LogP contribution in [0.2, 0.25) is 0 Å². The average Bonchev–Trinajstić information content (AvgIpc) is 2.75. The molecule has 0 bridgehead atoms. The van der Waals surface area contributed by atoms with Gasteiger partial charge in [-0.05, 0) is 34.8 Å². The lowest BCUT2D eigenvalue weighted by Crippen LogP contribution is -2.38. The summed E-state index contributed by atoms with van der Waals surface area (Å²) in [5.74, 6) is -2.00. The summed E-state index contributed by atoms with van der Waals surface area (Å²) in [7, 11) is -4.09. The van der Waals surface area contributed by atoms with E-state index in [4.69, 9.17) is 5.11 Å². The first-order chi connectivity index (χ1) is 8.87. The molecule has 1 heterocycles. The van der Waals surface area contributed by atoms with Crippen molar-refractivity contribution in [3.8, 4) is 0 Å². The Balaban J connectivity index is 2.51. The highest BCUT2D eigenvalue weighted by atomic mass is 79.9. The Kier molecular flexibility index (Phi) is 4.24. The van der Waals surface area contributed by atoms with E-state index < -0.39 is 32.6 Å². The summed E-state index contributed by atoms with van der Waals surface area (Å²) in [6.45, 7) is -0.101. The molecule has 106 valence electrons. The molecule has 1 aliphatic heterocycles. The molecule has 0 unspecified atom stereocenters. The summed E-state index contributed by atoms with van der Waals surface area (Å²) >= 11 is 2.87. The van der Waals surface area contributed by atoms with Gasteiger partial charge in [0, 0.05) is 23.1 Å². The molecule has 1 atom stereocenters. The quantitative estimate of drug-likeness (QED) is 0.900. The van der Waals surface area contributed by atoms with Crippen LogP contribution >= 0.6 is 15.9 Å². The smallest absolute Gasteiger partial charge is 0.247 e. The SMILES string of the molecule is O=S(=O)(c1c(F)cc(F)cc1Br)N1CCC[C@H]1CO. The van der Waals surface area contributed by atoms with Crippen LogP contribution in [0, 0.1) is 11.6 Å². The number of halogens is 3. The number of nitrogens with zero attached hydrogens (tertiary/aromatic N) is 1. The number of hydrogen-bond acceptors (Lipinski definition) is 3. The first kappa shape index (κ1) is 14.8. The number of hydrogen-bond donors (Lipinski definition) is 1. The highest BCUT2D eigenvalue weighted by Crippen LogP contribution is 2.32. The maximum absolute atomic E-state index is 13.8. The van der Waals surface area contributed by atoms with Crippen LogP contribution in [-0.2, 0) is 10.0 Å². The molecule has 0 spiro atoms. The number of aliphatic hydroxyl groups excluding tert-OH is 1. The van der Waals surface area contributed by atoms with E-state index in [1.54, 1.807) is 0 Å². The minimum Gasteiger partial charge on any atom is -0.395 e. The van der Waals surface area contributed by atoms with Gasteiger partial charge in [0.1, 0.15) is 16.5 Å². The van der Waals surface area contributed by atoms with Crippen molar-refractivity contribution in [1.29, 1.82) is 0 Å². The van der Waals surface area contributed by atoms with Crippen molar-refractivity contribution in [2.75, 3.05) is 13.2 Å². The molecule has 19 heavy (non-hydrogen) atoms. The summed E-state index contributed by atoms with van der Waals surface area (Å²) < 4.78 is 52.4. The molecule has 1 aromatic carbocycles. The molecule has 0 aromatic heterocycles. The Hall–Kier alpha value is -0.570. The van der Waals surface area contributed by atoms with Gasteiger partial charge in [0.05, 0.1) is 6.61 Å². The molecule has 0 amide bonds. The highest BCUT2D eigenvalue weighted by Gasteiger charge is 2.37. The molecule has 1 saturated heterocycles. The van der Waals surface area contributed by atoms with Crippen LogP contribution in [-0.4, -0.2) is 37.0 Å². The zero-order chi connectivity index (χ0) is 14.2. The second kappa shape index (κ2) is 5.43. The van der Waals surface area contributed by atoms with Crippen LogP contribution in [0.4, 0.5) is 8.78 Å². The predicted molar refractivity (Wildman–Crippen MR) is 68.1 cm³/mol. The van der Waals surface area contributed by atoms with Gasteiger partial charge in [-0.15, -0.1) is 0 Å². The molecule has 1 aromatic rings. The lowest BCUT2D eigenvalue weighted by Gasteiger charge is -2.23. The van der Waals surface area contributed by atoms with Gasteiger partial charge in [-0.3, -0.25) is 0 Å². The van der Waals surface area contributed by atoms with Gasteiger partial charge >= 0.3 is 0 Å². The van der Waals surface area contributed by atoms with Crippen LogP contribution < -0.4 is 0 Å². The van der Waals surface area contributed by atoms with Gasteiger partial charge in [-0.1, -0.05) is 0 Å². The first-order valence-corrected chi connectivity index (χ1v) is 7.88. The summed E-state index contributed by atoms with van der Waals surface area (Å²) in [4.78, 5) is -0.589. The van der Waals surface area contributed by atoms with Crippen molar-refractivity contribution >= 4 is 26.0 Å². The Morgan fingerprint density at radius 3 is 2.68 bits per heavy atom. The molecule has 1 fully saturated rings. The summed E-state index contributed by atoms with van der Waals surface area (Å²) in [5.41, 5.74) is 0.